The third-order valence-electron chi connectivity index (χ3n) is 5.92. The zero-order valence-electron chi connectivity index (χ0n) is 19.6. The van der Waals surface area contributed by atoms with Crippen LogP contribution < -0.4 is 10.6 Å². The molecule has 10 heteroatoms. The number of pyridine rings is 2. The molecule has 1 aromatic carbocycles. The van der Waals surface area contributed by atoms with E-state index < -0.39 is 0 Å². The van der Waals surface area contributed by atoms with E-state index in [1.54, 1.807) is 32.7 Å². The van der Waals surface area contributed by atoms with E-state index in [2.05, 4.69) is 35.7 Å². The molecule has 1 aliphatic rings. The van der Waals surface area contributed by atoms with E-state index in [0.29, 0.717) is 16.8 Å². The van der Waals surface area contributed by atoms with Gasteiger partial charge in [0.05, 0.1) is 35.0 Å². The fourth-order valence-electron chi connectivity index (χ4n) is 3.82. The van der Waals surface area contributed by atoms with Gasteiger partial charge in [-0.25, -0.2) is 4.79 Å². The van der Waals surface area contributed by atoms with Gasteiger partial charge in [0.2, 0.25) is 0 Å². The summed E-state index contributed by atoms with van der Waals surface area (Å²) in [4.78, 5) is 37.5. The molecule has 4 heterocycles. The number of hydrogen-bond acceptors (Lipinski definition) is 6. The predicted octanol–water partition coefficient (Wildman–Crippen LogP) is 3.57. The van der Waals surface area contributed by atoms with Crippen molar-refractivity contribution in [3.05, 3.63) is 66.4 Å². The Morgan fingerprint density at radius 3 is 2.57 bits per heavy atom. The normalized spacial score (nSPS) is 13.3. The molecule has 5 rings (SSSR count). The summed E-state index contributed by atoms with van der Waals surface area (Å²) in [6.45, 7) is 3.05. The molecule has 3 amide bonds. The SMILES string of the molecule is CN(C)C(=O)Nc1cncc(-c2ccc3[nH]nc(C(=O)Nc4ccc(CN5CCC5)nc4)c3c2)c1. The lowest BCUT2D eigenvalue weighted by Gasteiger charge is -2.30. The average Bonchev–Trinajstić information content (AvgIpc) is 3.26. The Morgan fingerprint density at radius 2 is 1.86 bits per heavy atom. The largest absolute Gasteiger partial charge is 0.331 e. The van der Waals surface area contributed by atoms with Crippen molar-refractivity contribution in [3.63, 3.8) is 0 Å². The van der Waals surface area contributed by atoms with Gasteiger partial charge < -0.3 is 15.5 Å². The van der Waals surface area contributed by atoms with Gasteiger partial charge in [-0.15, -0.1) is 0 Å². The van der Waals surface area contributed by atoms with Crippen molar-refractivity contribution in [1.29, 1.82) is 0 Å². The Labute approximate surface area is 202 Å². The maximum atomic E-state index is 13.0. The number of H-pyrrole nitrogens is 1. The molecule has 0 bridgehead atoms. The summed E-state index contributed by atoms with van der Waals surface area (Å²) in [6.07, 6.45) is 6.21. The van der Waals surface area contributed by atoms with Gasteiger partial charge in [0.15, 0.2) is 5.69 Å². The molecule has 0 atom stereocenters. The molecular formula is C25H26N8O2. The number of anilines is 2. The maximum absolute atomic E-state index is 13.0. The summed E-state index contributed by atoms with van der Waals surface area (Å²) >= 11 is 0. The smallest absolute Gasteiger partial charge is 0.321 e. The van der Waals surface area contributed by atoms with Crippen molar-refractivity contribution in [3.8, 4) is 11.1 Å². The third kappa shape index (κ3) is 4.97. The molecule has 3 N–H and O–H groups in total. The fourth-order valence-corrected chi connectivity index (χ4v) is 3.82. The van der Waals surface area contributed by atoms with Crippen molar-refractivity contribution in [2.75, 3.05) is 37.8 Å². The van der Waals surface area contributed by atoms with Gasteiger partial charge in [-0.2, -0.15) is 5.10 Å². The Balaban J connectivity index is 1.34. The van der Waals surface area contributed by atoms with Crippen LogP contribution in [0.3, 0.4) is 0 Å². The first kappa shape index (κ1) is 22.5. The number of nitrogens with one attached hydrogen (secondary N) is 3. The molecular weight excluding hydrogens is 444 g/mol. The lowest BCUT2D eigenvalue weighted by molar-refractivity contribution is 0.102. The molecule has 1 saturated heterocycles. The number of aromatic amines is 1. The number of carbonyl (C=O) groups is 2. The van der Waals surface area contributed by atoms with Crippen LogP contribution in [0, 0.1) is 0 Å². The number of rotatable bonds is 6. The van der Waals surface area contributed by atoms with Crippen molar-refractivity contribution in [2.24, 2.45) is 0 Å². The third-order valence-corrected chi connectivity index (χ3v) is 5.92. The number of benzene rings is 1. The van der Waals surface area contributed by atoms with Crippen LogP contribution in [0.4, 0.5) is 16.2 Å². The fraction of sp³-hybridized carbons (Fsp3) is 0.240. The lowest BCUT2D eigenvalue weighted by Crippen LogP contribution is -2.36. The Bertz CT molecular complexity index is 1380. The van der Waals surface area contributed by atoms with E-state index in [0.717, 1.165) is 42.0 Å². The molecule has 0 unspecified atom stereocenters. The molecule has 35 heavy (non-hydrogen) atoms. The van der Waals surface area contributed by atoms with Gasteiger partial charge in [0.1, 0.15) is 0 Å². The zero-order chi connectivity index (χ0) is 24.4. The number of aromatic nitrogens is 4. The molecule has 178 valence electrons. The van der Waals surface area contributed by atoms with Crippen molar-refractivity contribution in [1.82, 2.24) is 30.0 Å². The highest BCUT2D eigenvalue weighted by Gasteiger charge is 2.17. The monoisotopic (exact) mass is 470 g/mol. The number of fused-ring (bicyclic) bond motifs is 1. The van der Waals surface area contributed by atoms with E-state index in [-0.39, 0.29) is 17.6 Å². The second kappa shape index (κ2) is 9.51. The van der Waals surface area contributed by atoms with Crippen LogP contribution in [0.25, 0.3) is 22.0 Å². The van der Waals surface area contributed by atoms with Gasteiger partial charge in [-0.05, 0) is 55.4 Å². The van der Waals surface area contributed by atoms with Crippen LogP contribution in [0.5, 0.6) is 0 Å². The van der Waals surface area contributed by atoms with Crippen LogP contribution in [0.1, 0.15) is 22.6 Å². The highest BCUT2D eigenvalue weighted by molar-refractivity contribution is 6.11. The van der Waals surface area contributed by atoms with E-state index >= 15 is 0 Å². The minimum Gasteiger partial charge on any atom is -0.331 e. The van der Waals surface area contributed by atoms with Crippen molar-refractivity contribution < 1.29 is 9.59 Å². The molecule has 1 fully saturated rings. The molecule has 0 radical (unpaired) electrons. The molecule has 1 aliphatic heterocycles. The number of likely N-dealkylation sites (tertiary alicyclic amines) is 1. The lowest BCUT2D eigenvalue weighted by atomic mass is 10.0. The molecule has 10 nitrogen and oxygen atoms in total. The van der Waals surface area contributed by atoms with E-state index in [1.807, 2.05) is 36.4 Å². The van der Waals surface area contributed by atoms with Gasteiger partial charge in [0, 0.05) is 37.8 Å². The van der Waals surface area contributed by atoms with Crippen molar-refractivity contribution in [2.45, 2.75) is 13.0 Å². The summed E-state index contributed by atoms with van der Waals surface area (Å²) in [7, 11) is 3.34. The van der Waals surface area contributed by atoms with Crippen molar-refractivity contribution >= 4 is 34.2 Å². The summed E-state index contributed by atoms with van der Waals surface area (Å²) in [5.74, 6) is -0.323. The second-order valence-electron chi connectivity index (χ2n) is 8.74. The predicted molar refractivity (Wildman–Crippen MR) is 134 cm³/mol. The number of nitrogens with zero attached hydrogens (tertiary/aromatic N) is 5. The number of urea groups is 1. The Hall–Kier alpha value is -4.31. The van der Waals surface area contributed by atoms with Gasteiger partial charge in [-0.1, -0.05) is 6.07 Å². The first-order valence-corrected chi connectivity index (χ1v) is 11.4. The second-order valence-corrected chi connectivity index (χ2v) is 8.74. The summed E-state index contributed by atoms with van der Waals surface area (Å²) < 4.78 is 0. The first-order chi connectivity index (χ1) is 17.0. The first-order valence-electron chi connectivity index (χ1n) is 11.4. The van der Waals surface area contributed by atoms with Gasteiger partial charge in [-0.3, -0.25) is 24.8 Å². The van der Waals surface area contributed by atoms with Crippen LogP contribution in [-0.4, -0.2) is 69.1 Å². The quantitative estimate of drug-likeness (QED) is 0.396. The topological polar surface area (TPSA) is 119 Å². The van der Waals surface area contributed by atoms with Crippen LogP contribution in [0.15, 0.2) is 55.0 Å². The number of carbonyl (C=O) groups excluding carboxylic acids is 2. The number of amides is 3. The van der Waals surface area contributed by atoms with Crippen LogP contribution in [-0.2, 0) is 6.54 Å². The van der Waals surface area contributed by atoms with E-state index in [1.165, 1.54) is 11.3 Å². The van der Waals surface area contributed by atoms with E-state index in [9.17, 15) is 9.59 Å². The standard InChI is InChI=1S/C25H26N8O2/c1-32(2)25(35)29-20-10-17(12-26-13-20)16-4-7-22-21(11-16)23(31-30-22)24(34)28-18-5-6-19(27-14-18)15-33-8-3-9-33/h4-7,10-14H,3,8-9,15H2,1-2H3,(H,28,34)(H,29,35)(H,30,31). The zero-order valence-corrected chi connectivity index (χ0v) is 19.6. The molecule has 0 saturated carbocycles. The van der Waals surface area contributed by atoms with E-state index in [4.69, 9.17) is 0 Å². The molecule has 4 aromatic rings. The minimum absolute atomic E-state index is 0.240. The summed E-state index contributed by atoms with van der Waals surface area (Å²) in [5, 5.41) is 13.5. The maximum Gasteiger partial charge on any atom is 0.321 e. The molecule has 0 spiro atoms. The Kier molecular flexibility index (Phi) is 6.11. The number of hydrogen-bond donors (Lipinski definition) is 3. The Morgan fingerprint density at radius 1 is 1.00 bits per heavy atom. The van der Waals surface area contributed by atoms with Crippen LogP contribution >= 0.6 is 0 Å². The van der Waals surface area contributed by atoms with Gasteiger partial charge in [0.25, 0.3) is 5.91 Å². The highest BCUT2D eigenvalue weighted by atomic mass is 16.2. The molecule has 3 aromatic heterocycles. The van der Waals surface area contributed by atoms with Crippen LogP contribution in [0.2, 0.25) is 0 Å². The molecule has 0 aliphatic carbocycles. The average molecular weight is 471 g/mol. The minimum atomic E-state index is -0.323. The van der Waals surface area contributed by atoms with Gasteiger partial charge >= 0.3 is 6.03 Å². The highest BCUT2D eigenvalue weighted by Crippen LogP contribution is 2.27. The summed E-state index contributed by atoms with van der Waals surface area (Å²) in [5.41, 5.74) is 4.86. The summed E-state index contributed by atoms with van der Waals surface area (Å²) in [6, 6.07) is 11.1.